The van der Waals surface area contributed by atoms with Crippen molar-refractivity contribution in [2.24, 2.45) is 5.92 Å². The van der Waals surface area contributed by atoms with Gasteiger partial charge in [-0.05, 0) is 41.5 Å². The Labute approximate surface area is 138 Å². The molecular weight excluding hydrogens is 290 g/mol. The van der Waals surface area contributed by atoms with Crippen LogP contribution < -0.4 is 0 Å². The lowest BCUT2D eigenvalue weighted by Gasteiger charge is -2.11. The maximum atomic E-state index is 9.24. The minimum absolute atomic E-state index is 0.532. The number of nitrogens with zero attached hydrogens (tertiary/aromatic N) is 1. The van der Waals surface area contributed by atoms with Gasteiger partial charge in [0, 0.05) is 0 Å². The molecule has 0 heterocycles. The monoisotopic (exact) mass is 311 g/mol. The van der Waals surface area contributed by atoms with Crippen LogP contribution in [-0.4, -0.2) is 0 Å². The van der Waals surface area contributed by atoms with E-state index in [4.69, 9.17) is 11.6 Å². The minimum atomic E-state index is 0.532. The van der Waals surface area contributed by atoms with Crippen LogP contribution in [0, 0.1) is 17.2 Å². The van der Waals surface area contributed by atoms with Gasteiger partial charge in [0.1, 0.15) is 6.07 Å². The van der Waals surface area contributed by atoms with Crippen molar-refractivity contribution < 1.29 is 0 Å². The first-order valence-electron chi connectivity index (χ1n) is 7.89. The van der Waals surface area contributed by atoms with Crippen LogP contribution in [0.5, 0.6) is 0 Å². The largest absolute Gasteiger partial charge is 0.192 e. The fourth-order valence-corrected chi connectivity index (χ4v) is 3.09. The van der Waals surface area contributed by atoms with Gasteiger partial charge < -0.3 is 0 Å². The fourth-order valence-electron chi connectivity index (χ4n) is 2.85. The SMILES string of the molecule is CCCC(C)Cc1ccc(Cc2cccc(Cl)c2C#N)cc1. The maximum Gasteiger partial charge on any atom is 0.101 e. The van der Waals surface area contributed by atoms with Crippen molar-refractivity contribution >= 4 is 11.6 Å². The molecule has 0 fully saturated rings. The Balaban J connectivity index is 2.09. The third-order valence-electron chi connectivity index (χ3n) is 3.99. The van der Waals surface area contributed by atoms with Crippen LogP contribution in [0.15, 0.2) is 42.5 Å². The highest BCUT2D eigenvalue weighted by molar-refractivity contribution is 6.31. The third kappa shape index (κ3) is 4.36. The predicted octanol–water partition coefficient (Wildman–Crippen LogP) is 5.78. The summed E-state index contributed by atoms with van der Waals surface area (Å²) in [7, 11) is 0. The summed E-state index contributed by atoms with van der Waals surface area (Å²) < 4.78 is 0. The van der Waals surface area contributed by atoms with E-state index in [-0.39, 0.29) is 0 Å². The highest BCUT2D eigenvalue weighted by atomic mass is 35.5. The van der Waals surface area contributed by atoms with Gasteiger partial charge in [-0.2, -0.15) is 5.26 Å². The van der Waals surface area contributed by atoms with Crippen molar-refractivity contribution in [1.82, 2.24) is 0 Å². The molecule has 2 aromatic rings. The van der Waals surface area contributed by atoms with Gasteiger partial charge in [0.15, 0.2) is 0 Å². The Hall–Kier alpha value is -1.78. The molecule has 0 radical (unpaired) electrons. The summed E-state index contributed by atoms with van der Waals surface area (Å²) in [5.74, 6) is 0.731. The predicted molar refractivity (Wildman–Crippen MR) is 93.2 cm³/mol. The van der Waals surface area contributed by atoms with Gasteiger partial charge in [0.05, 0.1) is 10.6 Å². The zero-order valence-corrected chi connectivity index (χ0v) is 14.0. The summed E-state index contributed by atoms with van der Waals surface area (Å²) in [6, 6.07) is 16.6. The van der Waals surface area contributed by atoms with E-state index in [0.29, 0.717) is 10.6 Å². The van der Waals surface area contributed by atoms with Crippen molar-refractivity contribution in [3.63, 3.8) is 0 Å². The molecule has 1 nitrogen and oxygen atoms in total. The molecule has 0 aliphatic heterocycles. The van der Waals surface area contributed by atoms with Gasteiger partial charge in [0.25, 0.3) is 0 Å². The number of halogens is 1. The van der Waals surface area contributed by atoms with Crippen molar-refractivity contribution in [2.45, 2.75) is 39.5 Å². The lowest BCUT2D eigenvalue weighted by Crippen LogP contribution is -1.99. The number of hydrogen-bond acceptors (Lipinski definition) is 1. The second-order valence-electron chi connectivity index (χ2n) is 5.98. The average Bonchev–Trinajstić information content (AvgIpc) is 2.50. The van der Waals surface area contributed by atoms with E-state index in [1.54, 1.807) is 6.07 Å². The third-order valence-corrected chi connectivity index (χ3v) is 4.31. The quantitative estimate of drug-likeness (QED) is 0.663. The molecule has 114 valence electrons. The normalized spacial score (nSPS) is 11.9. The zero-order valence-electron chi connectivity index (χ0n) is 13.3. The summed E-state index contributed by atoms with van der Waals surface area (Å²) in [4.78, 5) is 0. The summed E-state index contributed by atoms with van der Waals surface area (Å²) >= 11 is 6.09. The molecule has 0 amide bonds. The highest BCUT2D eigenvalue weighted by Crippen LogP contribution is 2.22. The molecule has 0 aliphatic carbocycles. The van der Waals surface area contributed by atoms with Crippen molar-refractivity contribution in [3.8, 4) is 6.07 Å². The van der Waals surface area contributed by atoms with Crippen LogP contribution in [0.25, 0.3) is 0 Å². The lowest BCUT2D eigenvalue weighted by atomic mass is 9.95. The van der Waals surface area contributed by atoms with Gasteiger partial charge in [0.2, 0.25) is 0 Å². The second-order valence-corrected chi connectivity index (χ2v) is 6.38. The molecule has 0 spiro atoms. The molecule has 0 saturated carbocycles. The smallest absolute Gasteiger partial charge is 0.101 e. The number of rotatable bonds is 6. The topological polar surface area (TPSA) is 23.8 Å². The average molecular weight is 312 g/mol. The van der Waals surface area contributed by atoms with Crippen LogP contribution in [0.3, 0.4) is 0 Å². The molecule has 0 aliphatic rings. The summed E-state index contributed by atoms with van der Waals surface area (Å²) in [6.45, 7) is 4.54. The van der Waals surface area contributed by atoms with E-state index in [1.165, 1.54) is 24.0 Å². The van der Waals surface area contributed by atoms with Crippen LogP contribution in [0.4, 0.5) is 0 Å². The Morgan fingerprint density at radius 1 is 1.09 bits per heavy atom. The summed E-state index contributed by atoms with van der Waals surface area (Å²) in [6.07, 6.45) is 4.39. The number of nitriles is 1. The number of hydrogen-bond donors (Lipinski definition) is 0. The molecule has 0 N–H and O–H groups in total. The van der Waals surface area contributed by atoms with E-state index in [0.717, 1.165) is 24.3 Å². The molecule has 0 saturated heterocycles. The zero-order chi connectivity index (χ0) is 15.9. The molecule has 0 bridgehead atoms. The van der Waals surface area contributed by atoms with E-state index < -0.39 is 0 Å². The first kappa shape index (κ1) is 16.6. The van der Waals surface area contributed by atoms with E-state index >= 15 is 0 Å². The van der Waals surface area contributed by atoms with E-state index in [9.17, 15) is 5.26 Å². The Kier molecular flexibility index (Phi) is 6.04. The van der Waals surface area contributed by atoms with Gasteiger partial charge >= 0.3 is 0 Å². The molecule has 1 atom stereocenters. The molecule has 22 heavy (non-hydrogen) atoms. The highest BCUT2D eigenvalue weighted by Gasteiger charge is 2.08. The maximum absolute atomic E-state index is 9.24. The van der Waals surface area contributed by atoms with Crippen LogP contribution in [-0.2, 0) is 12.8 Å². The summed E-state index contributed by atoms with van der Waals surface area (Å²) in [5.41, 5.74) is 4.17. The molecule has 2 aromatic carbocycles. The summed E-state index contributed by atoms with van der Waals surface area (Å²) in [5, 5.41) is 9.77. The number of benzene rings is 2. The lowest BCUT2D eigenvalue weighted by molar-refractivity contribution is 0.522. The van der Waals surface area contributed by atoms with E-state index in [1.807, 2.05) is 12.1 Å². The van der Waals surface area contributed by atoms with E-state index in [2.05, 4.69) is 44.2 Å². The molecular formula is C20H22ClN. The van der Waals surface area contributed by atoms with Crippen LogP contribution >= 0.6 is 11.6 Å². The fraction of sp³-hybridized carbons (Fsp3) is 0.350. The Morgan fingerprint density at radius 3 is 2.41 bits per heavy atom. The minimum Gasteiger partial charge on any atom is -0.192 e. The van der Waals surface area contributed by atoms with Gasteiger partial charge in [-0.3, -0.25) is 0 Å². The Bertz CT molecular complexity index is 652. The van der Waals surface area contributed by atoms with Gasteiger partial charge in [-0.15, -0.1) is 0 Å². The van der Waals surface area contributed by atoms with Crippen molar-refractivity contribution in [1.29, 1.82) is 5.26 Å². The molecule has 2 rings (SSSR count). The van der Waals surface area contributed by atoms with Crippen molar-refractivity contribution in [2.75, 3.05) is 0 Å². The van der Waals surface area contributed by atoms with Crippen LogP contribution in [0.2, 0.25) is 5.02 Å². The molecule has 1 unspecified atom stereocenters. The van der Waals surface area contributed by atoms with Gasteiger partial charge in [-0.1, -0.05) is 74.7 Å². The Morgan fingerprint density at radius 2 is 1.77 bits per heavy atom. The van der Waals surface area contributed by atoms with Gasteiger partial charge in [-0.25, -0.2) is 0 Å². The second kappa shape index (κ2) is 8.01. The standard InChI is InChI=1S/C20H22ClN/c1-3-5-15(2)12-16-8-10-17(11-9-16)13-18-6-4-7-20(21)19(18)14-22/h4,6-11,15H,3,5,12-13H2,1-2H3. The first-order valence-corrected chi connectivity index (χ1v) is 8.27. The molecule has 2 heteroatoms. The molecule has 0 aromatic heterocycles. The van der Waals surface area contributed by atoms with Crippen molar-refractivity contribution in [3.05, 3.63) is 69.7 Å². The first-order chi connectivity index (χ1) is 10.6. The van der Waals surface area contributed by atoms with Crippen LogP contribution in [0.1, 0.15) is 48.9 Å².